The zero-order chi connectivity index (χ0) is 12.5. The van der Waals surface area contributed by atoms with Gasteiger partial charge in [-0.1, -0.05) is 0 Å². The van der Waals surface area contributed by atoms with Gasteiger partial charge in [0.25, 0.3) is 5.91 Å². The number of halogens is 3. The molecule has 0 radical (unpaired) electrons. The number of carbonyl (C=O) groups is 1. The summed E-state index contributed by atoms with van der Waals surface area (Å²) >= 11 is 14.2. The third-order valence-electron chi connectivity index (χ3n) is 2.33. The van der Waals surface area contributed by atoms with Gasteiger partial charge in [-0.3, -0.25) is 4.79 Å². The molecule has 1 unspecified atom stereocenters. The Hall–Kier alpha value is 0.420. The second kappa shape index (κ2) is 5.38. The summed E-state index contributed by atoms with van der Waals surface area (Å²) in [7, 11) is 0. The maximum absolute atomic E-state index is 12.0. The molecular formula is C10H12Br2ClNOS. The van der Waals surface area contributed by atoms with Gasteiger partial charge in [-0.15, -0.1) is 22.9 Å². The van der Waals surface area contributed by atoms with Gasteiger partial charge in [0.1, 0.15) is 0 Å². The van der Waals surface area contributed by atoms with Crippen LogP contribution in [0.25, 0.3) is 0 Å². The topological polar surface area (TPSA) is 29.1 Å². The molecule has 0 spiro atoms. The molecule has 90 valence electrons. The Balaban J connectivity index is 2.85. The van der Waals surface area contributed by atoms with Gasteiger partial charge in [0, 0.05) is 0 Å². The van der Waals surface area contributed by atoms with Crippen molar-refractivity contribution < 1.29 is 4.79 Å². The molecule has 1 N–H and O–H groups in total. The molecule has 0 aliphatic rings. The molecular weight excluding hydrogens is 377 g/mol. The fraction of sp³-hybridized carbons (Fsp3) is 0.500. The van der Waals surface area contributed by atoms with Gasteiger partial charge in [0.15, 0.2) is 0 Å². The van der Waals surface area contributed by atoms with Crippen LogP contribution in [0.5, 0.6) is 0 Å². The summed E-state index contributed by atoms with van der Waals surface area (Å²) < 4.78 is 1.73. The summed E-state index contributed by atoms with van der Waals surface area (Å²) in [6, 6.07) is 1.79. The van der Waals surface area contributed by atoms with Crippen LogP contribution in [0.15, 0.2) is 13.6 Å². The lowest BCUT2D eigenvalue weighted by molar-refractivity contribution is 0.0912. The minimum atomic E-state index is -0.438. The number of hydrogen-bond donors (Lipinski definition) is 1. The molecule has 1 amide bonds. The summed E-state index contributed by atoms with van der Waals surface area (Å²) in [4.78, 5) is 12.0. The van der Waals surface area contributed by atoms with Crippen LogP contribution in [-0.2, 0) is 0 Å². The molecule has 0 saturated carbocycles. The van der Waals surface area contributed by atoms with Crippen molar-refractivity contribution in [2.24, 2.45) is 0 Å². The first-order chi connectivity index (χ1) is 7.24. The van der Waals surface area contributed by atoms with Crippen LogP contribution in [0.1, 0.15) is 31.1 Å². The van der Waals surface area contributed by atoms with Crippen LogP contribution in [-0.4, -0.2) is 16.8 Å². The maximum atomic E-state index is 12.0. The molecule has 1 aromatic rings. The lowest BCUT2D eigenvalue weighted by Gasteiger charge is -2.28. The standard InChI is InChI=1S/C10H12Br2ClNOS/c1-5(13)10(2,3)14-9(15)6-4-7(11)16-8(6)12/h4-5H,1-3H3,(H,14,15). The Morgan fingerprint density at radius 3 is 2.50 bits per heavy atom. The van der Waals surface area contributed by atoms with Gasteiger partial charge in [0.2, 0.25) is 0 Å². The highest BCUT2D eigenvalue weighted by atomic mass is 79.9. The van der Waals surface area contributed by atoms with Crippen molar-refractivity contribution in [3.8, 4) is 0 Å². The molecule has 1 rings (SSSR count). The van der Waals surface area contributed by atoms with Gasteiger partial charge < -0.3 is 5.32 Å². The first kappa shape index (κ1) is 14.5. The van der Waals surface area contributed by atoms with Crippen molar-refractivity contribution in [1.29, 1.82) is 0 Å². The maximum Gasteiger partial charge on any atom is 0.253 e. The van der Waals surface area contributed by atoms with Crippen LogP contribution in [0.4, 0.5) is 0 Å². The van der Waals surface area contributed by atoms with E-state index < -0.39 is 5.54 Å². The molecule has 0 saturated heterocycles. The van der Waals surface area contributed by atoms with Crippen LogP contribution in [0, 0.1) is 0 Å². The molecule has 0 aliphatic carbocycles. The summed E-state index contributed by atoms with van der Waals surface area (Å²) in [6.07, 6.45) is 0. The van der Waals surface area contributed by atoms with Crippen molar-refractivity contribution in [3.63, 3.8) is 0 Å². The van der Waals surface area contributed by atoms with E-state index in [-0.39, 0.29) is 11.3 Å². The Bertz CT molecular complexity index is 404. The summed E-state index contributed by atoms with van der Waals surface area (Å²) in [5.41, 5.74) is 0.189. The van der Waals surface area contributed by atoms with Gasteiger partial charge in [-0.05, 0) is 58.7 Å². The lowest BCUT2D eigenvalue weighted by atomic mass is 10.0. The largest absolute Gasteiger partial charge is 0.346 e. The van der Waals surface area contributed by atoms with E-state index in [4.69, 9.17) is 11.6 Å². The van der Waals surface area contributed by atoms with Crippen molar-refractivity contribution in [2.45, 2.75) is 31.7 Å². The van der Waals surface area contributed by atoms with E-state index in [1.54, 1.807) is 6.07 Å². The Kier molecular flexibility index (Phi) is 4.87. The van der Waals surface area contributed by atoms with Crippen molar-refractivity contribution in [3.05, 3.63) is 19.2 Å². The second-order valence-corrected chi connectivity index (χ2v) is 8.43. The number of carbonyl (C=O) groups excluding carboxylic acids is 1. The van der Waals surface area contributed by atoms with Gasteiger partial charge in [-0.2, -0.15) is 0 Å². The van der Waals surface area contributed by atoms with Crippen LogP contribution >= 0.6 is 54.8 Å². The first-order valence-electron chi connectivity index (χ1n) is 4.65. The first-order valence-corrected chi connectivity index (χ1v) is 7.49. The van der Waals surface area contributed by atoms with Gasteiger partial charge in [-0.25, -0.2) is 0 Å². The summed E-state index contributed by atoms with van der Waals surface area (Å²) in [5, 5.41) is 2.77. The fourth-order valence-corrected chi connectivity index (χ4v) is 3.80. The van der Waals surface area contributed by atoms with Crippen molar-refractivity contribution in [2.75, 3.05) is 0 Å². The minimum absolute atomic E-state index is 0.119. The van der Waals surface area contributed by atoms with Gasteiger partial charge >= 0.3 is 0 Å². The van der Waals surface area contributed by atoms with E-state index in [1.165, 1.54) is 11.3 Å². The predicted octanol–water partition coefficient (Wildman–Crippen LogP) is 4.41. The van der Waals surface area contributed by atoms with E-state index in [0.717, 1.165) is 7.57 Å². The van der Waals surface area contributed by atoms with Crippen LogP contribution < -0.4 is 5.32 Å². The Morgan fingerprint density at radius 2 is 2.12 bits per heavy atom. The lowest BCUT2D eigenvalue weighted by Crippen LogP contribution is -2.49. The molecule has 0 fully saturated rings. The highest BCUT2D eigenvalue weighted by Gasteiger charge is 2.27. The molecule has 1 aromatic heterocycles. The van der Waals surface area contributed by atoms with E-state index in [0.29, 0.717) is 5.56 Å². The minimum Gasteiger partial charge on any atom is -0.346 e. The molecule has 6 heteroatoms. The third kappa shape index (κ3) is 3.45. The molecule has 2 nitrogen and oxygen atoms in total. The Labute approximate surface area is 121 Å². The normalized spacial score (nSPS) is 13.6. The van der Waals surface area contributed by atoms with Gasteiger partial charge in [0.05, 0.1) is 24.1 Å². The Morgan fingerprint density at radius 1 is 1.56 bits per heavy atom. The zero-order valence-electron chi connectivity index (χ0n) is 9.11. The molecule has 1 atom stereocenters. The fourth-order valence-electron chi connectivity index (χ4n) is 0.954. The number of nitrogens with one attached hydrogen (secondary N) is 1. The van der Waals surface area contributed by atoms with E-state index in [2.05, 4.69) is 37.2 Å². The molecule has 0 aliphatic heterocycles. The number of amides is 1. The quantitative estimate of drug-likeness (QED) is 0.763. The van der Waals surface area contributed by atoms with Crippen molar-refractivity contribution in [1.82, 2.24) is 5.32 Å². The number of alkyl halides is 1. The van der Waals surface area contributed by atoms with E-state index >= 15 is 0 Å². The van der Waals surface area contributed by atoms with E-state index in [1.807, 2.05) is 20.8 Å². The number of rotatable bonds is 3. The average Bonchev–Trinajstić information content (AvgIpc) is 2.44. The number of hydrogen-bond acceptors (Lipinski definition) is 2. The molecule has 16 heavy (non-hydrogen) atoms. The highest BCUT2D eigenvalue weighted by Crippen LogP contribution is 2.32. The summed E-state index contributed by atoms with van der Waals surface area (Å²) in [5.74, 6) is -0.119. The molecule has 0 bridgehead atoms. The smallest absolute Gasteiger partial charge is 0.253 e. The number of thiophene rings is 1. The van der Waals surface area contributed by atoms with Crippen LogP contribution in [0.2, 0.25) is 0 Å². The SMILES string of the molecule is CC(Cl)C(C)(C)NC(=O)c1cc(Br)sc1Br. The predicted molar refractivity (Wildman–Crippen MR) is 76.6 cm³/mol. The van der Waals surface area contributed by atoms with Crippen LogP contribution in [0.3, 0.4) is 0 Å². The second-order valence-electron chi connectivity index (χ2n) is 4.03. The highest BCUT2D eigenvalue weighted by molar-refractivity contribution is 9.12. The monoisotopic (exact) mass is 387 g/mol. The van der Waals surface area contributed by atoms with Crippen molar-refractivity contribution >= 4 is 60.7 Å². The summed E-state index contributed by atoms with van der Waals surface area (Å²) in [6.45, 7) is 5.66. The molecule has 1 heterocycles. The average molecular weight is 390 g/mol. The zero-order valence-corrected chi connectivity index (χ0v) is 13.8. The third-order valence-corrected chi connectivity index (χ3v) is 5.22. The molecule has 0 aromatic carbocycles. The van der Waals surface area contributed by atoms with E-state index in [9.17, 15) is 4.79 Å².